The number of thioether (sulfide) groups is 1. The molecule has 5 heteroatoms. The second-order valence-corrected chi connectivity index (χ2v) is 5.20. The number of nitrogens with zero attached hydrogens (tertiary/aromatic N) is 2. The zero-order valence-corrected chi connectivity index (χ0v) is 10.6. The third-order valence-electron chi connectivity index (χ3n) is 2.02. The lowest BCUT2D eigenvalue weighted by Gasteiger charge is -2.13. The van der Waals surface area contributed by atoms with Crippen molar-refractivity contribution in [1.82, 2.24) is 10.3 Å². The largest absolute Gasteiger partial charge is 0.373 e. The molecule has 0 aromatic carbocycles. The molecule has 0 atom stereocenters. The van der Waals surface area contributed by atoms with E-state index in [1.165, 1.54) is 4.90 Å². The quantitative estimate of drug-likeness (QED) is 0.867. The molecule has 0 fully saturated rings. The number of pyridine rings is 1. The van der Waals surface area contributed by atoms with Gasteiger partial charge in [0.15, 0.2) is 0 Å². The van der Waals surface area contributed by atoms with Gasteiger partial charge in [-0.2, -0.15) is 0 Å². The fraction of sp³-hybridized carbons (Fsp3) is 0.400. The molecule has 2 rings (SSSR count). The maximum atomic E-state index is 4.42. The van der Waals surface area contributed by atoms with Crippen LogP contribution in [0.5, 0.6) is 0 Å². The predicted octanol–water partition coefficient (Wildman–Crippen LogP) is 2.33. The molecule has 0 amide bonds. The Hall–Kier alpha value is -0.550. The molecule has 1 aliphatic heterocycles. The van der Waals surface area contributed by atoms with Crippen molar-refractivity contribution in [1.29, 1.82) is 0 Å². The van der Waals surface area contributed by atoms with Gasteiger partial charge in [0.05, 0.1) is 5.75 Å². The van der Waals surface area contributed by atoms with Crippen molar-refractivity contribution >= 4 is 33.5 Å². The highest BCUT2D eigenvalue weighted by Crippen LogP contribution is 2.20. The second kappa shape index (κ2) is 5.51. The van der Waals surface area contributed by atoms with E-state index in [0.717, 1.165) is 35.6 Å². The van der Waals surface area contributed by atoms with Crippen molar-refractivity contribution in [2.45, 2.75) is 11.3 Å². The number of aliphatic imine (C=N–C) groups is 1. The molecule has 1 N–H and O–H groups in total. The number of amidine groups is 1. The van der Waals surface area contributed by atoms with E-state index in [1.807, 2.05) is 6.20 Å². The molecular weight excluding hydrogens is 274 g/mol. The molecular formula is C10H12BrN3S. The molecule has 0 aliphatic carbocycles. The van der Waals surface area contributed by atoms with Crippen LogP contribution in [-0.4, -0.2) is 29.7 Å². The summed E-state index contributed by atoms with van der Waals surface area (Å²) in [6.07, 6.45) is 4.81. The zero-order chi connectivity index (χ0) is 10.5. The van der Waals surface area contributed by atoms with E-state index in [2.05, 4.69) is 37.3 Å². The number of hydrogen-bond donors (Lipinski definition) is 1. The molecule has 3 nitrogen and oxygen atoms in total. The summed E-state index contributed by atoms with van der Waals surface area (Å²) in [5, 5.41) is 3.30. The molecule has 0 bridgehead atoms. The summed E-state index contributed by atoms with van der Waals surface area (Å²) in [4.78, 5) is 9.71. The standard InChI is InChI=1S/C10H12BrN3S/c11-8-4-9(6-12-5-8)15-7-10-13-2-1-3-14-10/h4-6H,1-3,7H2,(H,13,14). The molecule has 0 saturated heterocycles. The Morgan fingerprint density at radius 2 is 2.40 bits per heavy atom. The average Bonchev–Trinajstić information content (AvgIpc) is 2.28. The summed E-state index contributed by atoms with van der Waals surface area (Å²) >= 11 is 5.16. The summed E-state index contributed by atoms with van der Waals surface area (Å²) in [6, 6.07) is 2.07. The highest BCUT2D eigenvalue weighted by atomic mass is 79.9. The van der Waals surface area contributed by atoms with Crippen LogP contribution in [0.25, 0.3) is 0 Å². The second-order valence-electron chi connectivity index (χ2n) is 3.24. The van der Waals surface area contributed by atoms with Crippen LogP contribution < -0.4 is 5.32 Å². The summed E-state index contributed by atoms with van der Waals surface area (Å²) in [5.74, 6) is 2.00. The average molecular weight is 286 g/mol. The number of rotatable bonds is 3. The van der Waals surface area contributed by atoms with Gasteiger partial charge in [-0.1, -0.05) is 0 Å². The maximum Gasteiger partial charge on any atom is 0.107 e. The van der Waals surface area contributed by atoms with Crippen molar-refractivity contribution in [3.63, 3.8) is 0 Å². The van der Waals surface area contributed by atoms with Crippen LogP contribution in [0.3, 0.4) is 0 Å². The van der Waals surface area contributed by atoms with Gasteiger partial charge >= 0.3 is 0 Å². The lowest BCUT2D eigenvalue weighted by atomic mass is 10.4. The number of nitrogens with one attached hydrogen (secondary N) is 1. The van der Waals surface area contributed by atoms with Gasteiger partial charge in [0.25, 0.3) is 0 Å². The third kappa shape index (κ3) is 3.50. The fourth-order valence-corrected chi connectivity index (χ4v) is 2.66. The van der Waals surface area contributed by atoms with Gasteiger partial charge in [-0.25, -0.2) is 0 Å². The van der Waals surface area contributed by atoms with Crippen molar-refractivity contribution < 1.29 is 0 Å². The Morgan fingerprint density at radius 3 is 3.13 bits per heavy atom. The highest BCUT2D eigenvalue weighted by molar-refractivity contribution is 9.10. The summed E-state index contributed by atoms with van der Waals surface area (Å²) in [6.45, 7) is 2.01. The lowest BCUT2D eigenvalue weighted by molar-refractivity contribution is 0.740. The summed E-state index contributed by atoms with van der Waals surface area (Å²) in [5.41, 5.74) is 0. The number of hydrogen-bond acceptors (Lipinski definition) is 4. The maximum absolute atomic E-state index is 4.42. The van der Waals surface area contributed by atoms with Gasteiger partial charge in [-0.05, 0) is 28.4 Å². The molecule has 80 valence electrons. The minimum atomic E-state index is 0.901. The van der Waals surface area contributed by atoms with Crippen LogP contribution in [0.1, 0.15) is 6.42 Å². The minimum Gasteiger partial charge on any atom is -0.373 e. The number of aromatic nitrogens is 1. The van der Waals surface area contributed by atoms with Crippen LogP contribution in [0.2, 0.25) is 0 Å². The molecule has 2 heterocycles. The first-order chi connectivity index (χ1) is 7.34. The van der Waals surface area contributed by atoms with Crippen LogP contribution in [-0.2, 0) is 0 Å². The van der Waals surface area contributed by atoms with Crippen molar-refractivity contribution in [3.8, 4) is 0 Å². The van der Waals surface area contributed by atoms with E-state index in [0.29, 0.717) is 0 Å². The monoisotopic (exact) mass is 285 g/mol. The molecule has 1 aliphatic rings. The highest BCUT2D eigenvalue weighted by Gasteiger charge is 2.04. The molecule has 1 aromatic heterocycles. The Labute approximate surface area is 102 Å². The van der Waals surface area contributed by atoms with Crippen LogP contribution in [0.4, 0.5) is 0 Å². The molecule has 1 aromatic rings. The van der Waals surface area contributed by atoms with Gasteiger partial charge in [0.2, 0.25) is 0 Å². The van der Waals surface area contributed by atoms with E-state index >= 15 is 0 Å². The van der Waals surface area contributed by atoms with Crippen LogP contribution >= 0.6 is 27.7 Å². The van der Waals surface area contributed by atoms with E-state index in [9.17, 15) is 0 Å². The molecule has 0 saturated carbocycles. The smallest absolute Gasteiger partial charge is 0.107 e. The van der Waals surface area contributed by atoms with Crippen molar-refractivity contribution in [2.75, 3.05) is 18.8 Å². The van der Waals surface area contributed by atoms with Gasteiger partial charge in [-0.3, -0.25) is 9.98 Å². The summed E-state index contributed by atoms with van der Waals surface area (Å²) in [7, 11) is 0. The van der Waals surface area contributed by atoms with E-state index in [-0.39, 0.29) is 0 Å². The first kappa shape index (κ1) is 11.0. The minimum absolute atomic E-state index is 0.901. The first-order valence-electron chi connectivity index (χ1n) is 4.85. The topological polar surface area (TPSA) is 37.3 Å². The molecule has 15 heavy (non-hydrogen) atoms. The molecule has 0 unspecified atom stereocenters. The summed E-state index contributed by atoms with van der Waals surface area (Å²) < 4.78 is 1.02. The Kier molecular flexibility index (Phi) is 4.02. The van der Waals surface area contributed by atoms with E-state index in [1.54, 1.807) is 18.0 Å². The van der Waals surface area contributed by atoms with E-state index in [4.69, 9.17) is 0 Å². The molecule has 0 radical (unpaired) electrons. The Bertz CT molecular complexity index is 367. The van der Waals surface area contributed by atoms with Crippen molar-refractivity contribution in [3.05, 3.63) is 22.9 Å². The Balaban J connectivity index is 1.90. The molecule has 0 spiro atoms. The van der Waals surface area contributed by atoms with Gasteiger partial charge in [0, 0.05) is 34.9 Å². The predicted molar refractivity (Wildman–Crippen MR) is 67.6 cm³/mol. The van der Waals surface area contributed by atoms with Crippen molar-refractivity contribution in [2.24, 2.45) is 4.99 Å². The third-order valence-corrected chi connectivity index (χ3v) is 3.43. The SMILES string of the molecule is Brc1cncc(SCC2=NCCCN2)c1. The lowest BCUT2D eigenvalue weighted by Crippen LogP contribution is -2.31. The van der Waals surface area contributed by atoms with Crippen LogP contribution in [0, 0.1) is 0 Å². The fourth-order valence-electron chi connectivity index (χ4n) is 1.30. The normalized spacial score (nSPS) is 15.7. The zero-order valence-electron chi connectivity index (χ0n) is 8.24. The van der Waals surface area contributed by atoms with Crippen LogP contribution in [0.15, 0.2) is 32.8 Å². The van der Waals surface area contributed by atoms with Gasteiger partial charge in [0.1, 0.15) is 5.84 Å². The number of halogens is 1. The van der Waals surface area contributed by atoms with Gasteiger partial charge < -0.3 is 5.32 Å². The van der Waals surface area contributed by atoms with Gasteiger partial charge in [-0.15, -0.1) is 11.8 Å². The Morgan fingerprint density at radius 1 is 1.47 bits per heavy atom. The van der Waals surface area contributed by atoms with E-state index < -0.39 is 0 Å². The first-order valence-corrected chi connectivity index (χ1v) is 6.63.